The van der Waals surface area contributed by atoms with Crippen molar-refractivity contribution >= 4 is 32.2 Å². The average Bonchev–Trinajstić information content (AvgIpc) is 3.18. The minimum Gasteiger partial charge on any atom is -0.206 e. The number of hydrogen-bond donors (Lipinski definition) is 0. The molecule has 0 N–H and O–H groups in total. The van der Waals surface area contributed by atoms with E-state index in [1.54, 1.807) is 23.5 Å². The molecule has 5 aromatic rings. The van der Waals surface area contributed by atoms with Gasteiger partial charge in [-0.15, -0.1) is 11.3 Å². The van der Waals surface area contributed by atoms with Crippen molar-refractivity contribution < 1.29 is 4.39 Å². The molecule has 0 saturated carbocycles. The van der Waals surface area contributed by atoms with Crippen LogP contribution >= 0.6 is 11.3 Å². The quantitative estimate of drug-likeness (QED) is 0.307. The summed E-state index contributed by atoms with van der Waals surface area (Å²) < 4.78 is 16.3. The largest absolute Gasteiger partial charge is 0.206 e. The lowest BCUT2D eigenvalue weighted by atomic mass is 9.88. The Labute approximate surface area is 155 Å². The van der Waals surface area contributed by atoms with Crippen molar-refractivity contribution in [2.75, 3.05) is 0 Å². The van der Waals surface area contributed by atoms with E-state index in [9.17, 15) is 0 Å². The molecule has 4 aromatic carbocycles. The van der Waals surface area contributed by atoms with Gasteiger partial charge in [-0.05, 0) is 34.0 Å². The van der Waals surface area contributed by atoms with Crippen molar-refractivity contribution in [3.05, 3.63) is 96.1 Å². The van der Waals surface area contributed by atoms with Crippen LogP contribution in [0.1, 0.15) is 0 Å². The monoisotopic (exact) mass is 354 g/mol. The summed E-state index contributed by atoms with van der Waals surface area (Å²) in [4.78, 5) is 0. The van der Waals surface area contributed by atoms with Crippen LogP contribution in [-0.2, 0) is 0 Å². The highest BCUT2D eigenvalue weighted by Gasteiger charge is 2.20. The molecule has 0 amide bonds. The van der Waals surface area contributed by atoms with E-state index < -0.39 is 0 Å². The molecule has 0 spiro atoms. The summed E-state index contributed by atoms with van der Waals surface area (Å²) in [6.45, 7) is 0. The van der Waals surface area contributed by atoms with Crippen LogP contribution in [0.3, 0.4) is 0 Å². The maximum Gasteiger partial charge on any atom is 0.131 e. The summed E-state index contributed by atoms with van der Waals surface area (Å²) in [7, 11) is 0. The van der Waals surface area contributed by atoms with E-state index in [2.05, 4.69) is 35.7 Å². The van der Waals surface area contributed by atoms with E-state index in [1.807, 2.05) is 42.5 Å². The van der Waals surface area contributed by atoms with Crippen LogP contribution in [0.2, 0.25) is 0 Å². The maximum absolute atomic E-state index is 15.1. The summed E-state index contributed by atoms with van der Waals surface area (Å²) >= 11 is 1.72. The molecule has 0 bridgehead atoms. The van der Waals surface area contributed by atoms with Crippen molar-refractivity contribution in [1.29, 1.82) is 0 Å². The first kappa shape index (κ1) is 15.3. The van der Waals surface area contributed by atoms with Crippen LogP contribution in [0, 0.1) is 5.82 Å². The molecule has 2 heteroatoms. The lowest BCUT2D eigenvalue weighted by molar-refractivity contribution is 0.640. The van der Waals surface area contributed by atoms with Gasteiger partial charge in [0.2, 0.25) is 0 Å². The van der Waals surface area contributed by atoms with Crippen LogP contribution in [0.5, 0.6) is 0 Å². The molecule has 1 aromatic heterocycles. The van der Waals surface area contributed by atoms with Crippen LogP contribution in [-0.4, -0.2) is 0 Å². The second-order valence-electron chi connectivity index (χ2n) is 6.31. The highest BCUT2D eigenvalue weighted by Crippen LogP contribution is 2.46. The molecule has 0 atom stereocenters. The Balaban J connectivity index is 2.07. The molecule has 124 valence electrons. The topological polar surface area (TPSA) is 0 Å². The highest BCUT2D eigenvalue weighted by atomic mass is 32.1. The Morgan fingerprint density at radius 1 is 0.577 bits per heavy atom. The fourth-order valence-corrected chi connectivity index (χ4v) is 4.71. The van der Waals surface area contributed by atoms with E-state index in [1.165, 1.54) is 4.70 Å². The van der Waals surface area contributed by atoms with Gasteiger partial charge in [-0.25, -0.2) is 4.39 Å². The number of benzene rings is 4. The number of halogens is 1. The van der Waals surface area contributed by atoms with Gasteiger partial charge >= 0.3 is 0 Å². The number of rotatable bonds is 2. The molecule has 0 unspecified atom stereocenters. The zero-order valence-electron chi connectivity index (χ0n) is 13.9. The van der Waals surface area contributed by atoms with Gasteiger partial charge < -0.3 is 0 Å². The molecule has 0 nitrogen and oxygen atoms in total. The van der Waals surface area contributed by atoms with Crippen LogP contribution in [0.25, 0.3) is 43.1 Å². The molecular weight excluding hydrogens is 339 g/mol. The zero-order valence-corrected chi connectivity index (χ0v) is 14.8. The van der Waals surface area contributed by atoms with Crippen molar-refractivity contribution in [3.8, 4) is 22.3 Å². The standard InChI is InChI=1S/C24H15FS/c25-20-13-7-12-18-19-14-15-26-24(19)22(17-10-5-2-6-11-17)21(23(18)20)16-8-3-1-4-9-16/h1-15H. The summed E-state index contributed by atoms with van der Waals surface area (Å²) in [6, 6.07) is 27.9. The predicted octanol–water partition coefficient (Wildman–Crippen LogP) is 7.53. The Hall–Kier alpha value is -2.97. The van der Waals surface area contributed by atoms with Gasteiger partial charge in [0, 0.05) is 26.6 Å². The summed E-state index contributed by atoms with van der Waals surface area (Å²) in [5.74, 6) is -0.174. The van der Waals surface area contributed by atoms with Crippen LogP contribution in [0.4, 0.5) is 4.39 Å². The van der Waals surface area contributed by atoms with Crippen molar-refractivity contribution in [2.45, 2.75) is 0 Å². The average molecular weight is 354 g/mol. The fourth-order valence-electron chi connectivity index (χ4n) is 3.73. The normalized spacial score (nSPS) is 11.3. The van der Waals surface area contributed by atoms with Crippen molar-refractivity contribution in [2.24, 2.45) is 0 Å². The SMILES string of the molecule is Fc1cccc2c1c(-c1ccccc1)c(-c1ccccc1)c1sccc12. The van der Waals surface area contributed by atoms with Gasteiger partial charge in [-0.1, -0.05) is 72.8 Å². The molecule has 0 aliphatic heterocycles. The first-order chi connectivity index (χ1) is 12.8. The Kier molecular flexibility index (Phi) is 3.58. The molecule has 0 aliphatic rings. The first-order valence-electron chi connectivity index (χ1n) is 8.57. The second kappa shape index (κ2) is 6.08. The summed E-state index contributed by atoms with van der Waals surface area (Å²) in [5.41, 5.74) is 4.24. The molecule has 1 heterocycles. The van der Waals surface area contributed by atoms with Gasteiger partial charge in [-0.3, -0.25) is 0 Å². The molecule has 0 fully saturated rings. The van der Waals surface area contributed by atoms with Crippen LogP contribution < -0.4 is 0 Å². The predicted molar refractivity (Wildman–Crippen MR) is 110 cm³/mol. The van der Waals surface area contributed by atoms with Gasteiger partial charge in [0.05, 0.1) is 0 Å². The minimum absolute atomic E-state index is 0.174. The van der Waals surface area contributed by atoms with E-state index in [4.69, 9.17) is 0 Å². The third-order valence-electron chi connectivity index (χ3n) is 4.82. The van der Waals surface area contributed by atoms with Crippen molar-refractivity contribution in [3.63, 3.8) is 0 Å². The number of thiophene rings is 1. The van der Waals surface area contributed by atoms with E-state index in [0.717, 1.165) is 33.0 Å². The number of hydrogen-bond acceptors (Lipinski definition) is 1. The molecule has 5 rings (SSSR count). The molecule has 0 aliphatic carbocycles. The third-order valence-corrected chi connectivity index (χ3v) is 5.75. The smallest absolute Gasteiger partial charge is 0.131 e. The Bertz CT molecular complexity index is 1220. The van der Waals surface area contributed by atoms with Gasteiger partial charge in [-0.2, -0.15) is 0 Å². The lowest BCUT2D eigenvalue weighted by Crippen LogP contribution is -1.91. The lowest BCUT2D eigenvalue weighted by Gasteiger charge is -2.17. The van der Waals surface area contributed by atoms with Gasteiger partial charge in [0.1, 0.15) is 5.82 Å². The summed E-state index contributed by atoms with van der Waals surface area (Å²) in [5, 5.41) is 4.88. The highest BCUT2D eigenvalue weighted by molar-refractivity contribution is 7.18. The molecule has 26 heavy (non-hydrogen) atoms. The van der Waals surface area contributed by atoms with Gasteiger partial charge in [0.25, 0.3) is 0 Å². The minimum atomic E-state index is -0.174. The van der Waals surface area contributed by atoms with E-state index in [-0.39, 0.29) is 5.82 Å². The number of fused-ring (bicyclic) bond motifs is 3. The summed E-state index contributed by atoms with van der Waals surface area (Å²) in [6.07, 6.45) is 0. The Morgan fingerprint density at radius 3 is 1.92 bits per heavy atom. The van der Waals surface area contributed by atoms with Gasteiger partial charge in [0.15, 0.2) is 0 Å². The second-order valence-corrected chi connectivity index (χ2v) is 7.22. The maximum atomic E-state index is 15.1. The fraction of sp³-hybridized carbons (Fsp3) is 0. The van der Waals surface area contributed by atoms with E-state index in [0.29, 0.717) is 5.39 Å². The van der Waals surface area contributed by atoms with Crippen LogP contribution in [0.15, 0.2) is 90.3 Å². The molecular formula is C24H15FS. The zero-order chi connectivity index (χ0) is 17.5. The molecule has 0 radical (unpaired) electrons. The van der Waals surface area contributed by atoms with E-state index >= 15 is 4.39 Å². The Morgan fingerprint density at radius 2 is 1.23 bits per heavy atom. The first-order valence-corrected chi connectivity index (χ1v) is 9.45. The van der Waals surface area contributed by atoms with Crippen molar-refractivity contribution in [1.82, 2.24) is 0 Å². The molecule has 0 saturated heterocycles. The third kappa shape index (κ3) is 2.27.